The van der Waals surface area contributed by atoms with E-state index in [9.17, 15) is 0 Å². The van der Waals surface area contributed by atoms with Crippen LogP contribution >= 0.6 is 0 Å². The summed E-state index contributed by atoms with van der Waals surface area (Å²) in [5, 5.41) is 3.29. The van der Waals surface area contributed by atoms with Gasteiger partial charge in [0.1, 0.15) is 23.1 Å². The van der Waals surface area contributed by atoms with Gasteiger partial charge in [0.15, 0.2) is 0 Å². The molecule has 3 aromatic heterocycles. The normalized spacial score (nSPS) is 10.8. The van der Waals surface area contributed by atoms with E-state index in [0.29, 0.717) is 0 Å². The van der Waals surface area contributed by atoms with Crippen LogP contribution in [0.5, 0.6) is 0 Å². The van der Waals surface area contributed by atoms with Crippen molar-refractivity contribution in [1.29, 1.82) is 0 Å². The monoisotopic (exact) mass is 268 g/mol. The van der Waals surface area contributed by atoms with Crippen LogP contribution in [0.15, 0.2) is 36.8 Å². The fraction of sp³-hybridized carbons (Fsp3) is 0.214. The van der Waals surface area contributed by atoms with E-state index in [4.69, 9.17) is 0 Å². The third-order valence-corrected chi connectivity index (χ3v) is 2.95. The quantitative estimate of drug-likeness (QED) is 0.789. The highest BCUT2D eigenvalue weighted by molar-refractivity contribution is 5.63. The van der Waals surface area contributed by atoms with E-state index in [1.807, 2.05) is 60.9 Å². The van der Waals surface area contributed by atoms with Gasteiger partial charge in [-0.05, 0) is 13.0 Å². The molecule has 0 aliphatic rings. The van der Waals surface area contributed by atoms with Crippen LogP contribution in [-0.2, 0) is 0 Å². The molecule has 0 aliphatic carbocycles. The number of anilines is 3. The second-order valence-corrected chi connectivity index (χ2v) is 4.79. The molecule has 0 aromatic carbocycles. The maximum absolute atomic E-state index is 4.40. The Labute approximate surface area is 117 Å². The van der Waals surface area contributed by atoms with Crippen LogP contribution in [0.3, 0.4) is 0 Å². The number of fused-ring (bicyclic) bond motifs is 1. The summed E-state index contributed by atoms with van der Waals surface area (Å²) in [5.41, 5.74) is 1.85. The van der Waals surface area contributed by atoms with E-state index in [1.165, 1.54) is 0 Å². The molecule has 0 amide bonds. The molecule has 0 saturated heterocycles. The second-order valence-electron chi connectivity index (χ2n) is 4.79. The molecule has 3 aromatic rings. The summed E-state index contributed by atoms with van der Waals surface area (Å²) >= 11 is 0. The Kier molecular flexibility index (Phi) is 2.98. The number of rotatable bonds is 3. The van der Waals surface area contributed by atoms with Crippen LogP contribution in [0.1, 0.15) is 5.82 Å². The SMILES string of the molecule is Cc1nc(Nc2ccn3ccnc3c2)cc(N(C)C)n1. The molecule has 0 saturated carbocycles. The van der Waals surface area contributed by atoms with Crippen LogP contribution in [0.25, 0.3) is 5.65 Å². The zero-order valence-electron chi connectivity index (χ0n) is 11.7. The van der Waals surface area contributed by atoms with E-state index in [-0.39, 0.29) is 0 Å². The van der Waals surface area contributed by atoms with Crippen molar-refractivity contribution in [3.8, 4) is 0 Å². The highest BCUT2D eigenvalue weighted by Gasteiger charge is 2.04. The lowest BCUT2D eigenvalue weighted by atomic mass is 10.3. The van der Waals surface area contributed by atoms with Gasteiger partial charge in [0.25, 0.3) is 0 Å². The highest BCUT2D eigenvalue weighted by atomic mass is 15.2. The molecule has 0 fully saturated rings. The van der Waals surface area contributed by atoms with Crippen LogP contribution in [0.2, 0.25) is 0 Å². The number of imidazole rings is 1. The number of hydrogen-bond donors (Lipinski definition) is 1. The topological polar surface area (TPSA) is 58.4 Å². The van der Waals surface area contributed by atoms with Gasteiger partial charge >= 0.3 is 0 Å². The smallest absolute Gasteiger partial charge is 0.138 e. The Morgan fingerprint density at radius 3 is 2.80 bits per heavy atom. The fourth-order valence-corrected chi connectivity index (χ4v) is 1.98. The van der Waals surface area contributed by atoms with Crippen molar-refractivity contribution in [3.63, 3.8) is 0 Å². The van der Waals surface area contributed by atoms with Crippen molar-refractivity contribution < 1.29 is 0 Å². The Hall–Kier alpha value is -2.63. The first-order valence-electron chi connectivity index (χ1n) is 6.34. The van der Waals surface area contributed by atoms with Crippen molar-refractivity contribution in [3.05, 3.63) is 42.6 Å². The van der Waals surface area contributed by atoms with Crippen molar-refractivity contribution in [2.24, 2.45) is 0 Å². The first kappa shape index (κ1) is 12.4. The van der Waals surface area contributed by atoms with Gasteiger partial charge in [0.05, 0.1) is 0 Å². The predicted molar refractivity (Wildman–Crippen MR) is 79.6 cm³/mol. The number of aromatic nitrogens is 4. The summed E-state index contributed by atoms with van der Waals surface area (Å²) < 4.78 is 1.96. The van der Waals surface area contributed by atoms with Crippen molar-refractivity contribution in [2.45, 2.75) is 6.92 Å². The molecule has 102 valence electrons. The van der Waals surface area contributed by atoms with Crippen molar-refractivity contribution in [2.75, 3.05) is 24.3 Å². The average molecular weight is 268 g/mol. The van der Waals surface area contributed by atoms with Gasteiger partial charge in [0, 0.05) is 50.5 Å². The zero-order valence-corrected chi connectivity index (χ0v) is 11.7. The first-order chi connectivity index (χ1) is 9.61. The van der Waals surface area contributed by atoms with E-state index < -0.39 is 0 Å². The van der Waals surface area contributed by atoms with Gasteiger partial charge in [-0.15, -0.1) is 0 Å². The predicted octanol–water partition coefficient (Wildman–Crippen LogP) is 2.24. The molecule has 20 heavy (non-hydrogen) atoms. The van der Waals surface area contributed by atoms with Gasteiger partial charge < -0.3 is 14.6 Å². The highest BCUT2D eigenvalue weighted by Crippen LogP contribution is 2.19. The molecule has 3 rings (SSSR count). The number of nitrogens with zero attached hydrogens (tertiary/aromatic N) is 5. The van der Waals surface area contributed by atoms with Crippen LogP contribution in [0.4, 0.5) is 17.3 Å². The maximum Gasteiger partial charge on any atom is 0.138 e. The van der Waals surface area contributed by atoms with E-state index >= 15 is 0 Å². The van der Waals surface area contributed by atoms with E-state index in [1.54, 1.807) is 6.20 Å². The molecule has 0 unspecified atom stereocenters. The Morgan fingerprint density at radius 1 is 1.15 bits per heavy atom. The van der Waals surface area contributed by atoms with Crippen molar-refractivity contribution >= 4 is 23.0 Å². The van der Waals surface area contributed by atoms with E-state index in [2.05, 4.69) is 20.3 Å². The minimum absolute atomic E-state index is 0.737. The Bertz CT molecular complexity index is 746. The van der Waals surface area contributed by atoms with Crippen LogP contribution < -0.4 is 10.2 Å². The lowest BCUT2D eigenvalue weighted by molar-refractivity contribution is 0.991. The fourth-order valence-electron chi connectivity index (χ4n) is 1.98. The van der Waals surface area contributed by atoms with Gasteiger partial charge in [-0.3, -0.25) is 0 Å². The third-order valence-electron chi connectivity index (χ3n) is 2.95. The lowest BCUT2D eigenvalue weighted by Gasteiger charge is -2.14. The number of pyridine rings is 1. The van der Waals surface area contributed by atoms with E-state index in [0.717, 1.165) is 28.8 Å². The third kappa shape index (κ3) is 2.40. The first-order valence-corrected chi connectivity index (χ1v) is 6.34. The summed E-state index contributed by atoms with van der Waals surface area (Å²) in [6.07, 6.45) is 5.65. The Balaban J connectivity index is 1.93. The summed E-state index contributed by atoms with van der Waals surface area (Å²) in [5.74, 6) is 2.39. The number of aryl methyl sites for hydroxylation is 1. The molecule has 0 bridgehead atoms. The van der Waals surface area contributed by atoms with Crippen LogP contribution in [-0.4, -0.2) is 33.4 Å². The summed E-state index contributed by atoms with van der Waals surface area (Å²) in [6.45, 7) is 1.88. The summed E-state index contributed by atoms with van der Waals surface area (Å²) in [7, 11) is 3.92. The minimum Gasteiger partial charge on any atom is -0.363 e. The molecule has 0 spiro atoms. The number of hydrogen-bond acceptors (Lipinski definition) is 5. The second kappa shape index (κ2) is 4.80. The molecular weight excluding hydrogens is 252 g/mol. The largest absolute Gasteiger partial charge is 0.363 e. The molecular formula is C14H16N6. The molecule has 0 atom stereocenters. The standard InChI is InChI=1S/C14H16N6/c1-10-16-12(9-14(17-10)19(2)3)18-11-4-6-20-7-5-15-13(20)8-11/h4-9H,1-3H3,(H,16,17,18). The van der Waals surface area contributed by atoms with Crippen molar-refractivity contribution in [1.82, 2.24) is 19.4 Å². The summed E-state index contributed by atoms with van der Waals surface area (Å²) in [4.78, 5) is 15.0. The Morgan fingerprint density at radius 2 is 2.00 bits per heavy atom. The molecule has 1 N–H and O–H groups in total. The maximum atomic E-state index is 4.40. The van der Waals surface area contributed by atoms with Crippen LogP contribution in [0, 0.1) is 6.92 Å². The average Bonchev–Trinajstić information content (AvgIpc) is 2.85. The minimum atomic E-state index is 0.737. The molecule has 6 heteroatoms. The number of nitrogens with one attached hydrogen (secondary N) is 1. The van der Waals surface area contributed by atoms with Gasteiger partial charge in [-0.25, -0.2) is 15.0 Å². The van der Waals surface area contributed by atoms with Gasteiger partial charge in [-0.2, -0.15) is 0 Å². The molecule has 6 nitrogen and oxygen atoms in total. The van der Waals surface area contributed by atoms with Gasteiger partial charge in [-0.1, -0.05) is 0 Å². The molecule has 0 radical (unpaired) electrons. The summed E-state index contributed by atoms with van der Waals surface area (Å²) in [6, 6.07) is 5.89. The lowest BCUT2D eigenvalue weighted by Crippen LogP contribution is -2.12. The molecule has 0 aliphatic heterocycles. The zero-order chi connectivity index (χ0) is 14.1. The van der Waals surface area contributed by atoms with Gasteiger partial charge in [0.2, 0.25) is 0 Å². The molecule has 3 heterocycles.